The van der Waals surface area contributed by atoms with Gasteiger partial charge >= 0.3 is 12.1 Å². The fourth-order valence-electron chi connectivity index (χ4n) is 3.90. The van der Waals surface area contributed by atoms with Crippen molar-refractivity contribution < 1.29 is 31.9 Å². The van der Waals surface area contributed by atoms with E-state index in [-0.39, 0.29) is 29.2 Å². The molecule has 5 rings (SSSR count). The normalized spacial score (nSPS) is 11.9. The number of anilines is 1. The van der Waals surface area contributed by atoms with E-state index in [9.17, 15) is 32.3 Å². The number of para-hydroxylation sites is 1. The summed E-state index contributed by atoms with van der Waals surface area (Å²) in [6, 6.07) is 13.2. The van der Waals surface area contributed by atoms with Gasteiger partial charge in [-0.2, -0.15) is 18.3 Å². The van der Waals surface area contributed by atoms with E-state index >= 15 is 0 Å². The van der Waals surface area contributed by atoms with Crippen LogP contribution in [0.25, 0.3) is 28.0 Å². The van der Waals surface area contributed by atoms with Gasteiger partial charge in [-0.15, -0.1) is 0 Å². The minimum Gasteiger partial charge on any atom is -0.478 e. The van der Waals surface area contributed by atoms with Crippen LogP contribution in [0.15, 0.2) is 88.6 Å². The van der Waals surface area contributed by atoms with Crippen LogP contribution < -0.4 is 10.7 Å². The largest absolute Gasteiger partial charge is 0.478 e. The molecule has 1 atom stereocenters. The Kier molecular flexibility index (Phi) is 7.98. The third-order valence-electron chi connectivity index (χ3n) is 5.60. The standard InChI is InChI=1S/C26H19FN4O4.C2H3F3/c1-15(30-22-7-3-2-6-19(22)26(33)34)20-9-17(27)10-21-23(32)11-24(35-25(20)21)16-12-29-31(14-16)18-5-4-8-28-13-18;1-2(3,4)5/h2-15,30H,1H3,(H,33,34);1H3. The zero-order valence-electron chi connectivity index (χ0n) is 21.1. The molecule has 2 aromatic carbocycles. The second-order valence-electron chi connectivity index (χ2n) is 8.73. The molecule has 0 bridgehead atoms. The van der Waals surface area contributed by atoms with Gasteiger partial charge in [0.1, 0.15) is 17.2 Å². The lowest BCUT2D eigenvalue weighted by Crippen LogP contribution is -2.12. The zero-order valence-corrected chi connectivity index (χ0v) is 21.1. The van der Waals surface area contributed by atoms with E-state index in [0.29, 0.717) is 16.8 Å². The quantitative estimate of drug-likeness (QED) is 0.227. The second kappa shape index (κ2) is 11.4. The maximum absolute atomic E-state index is 14.5. The lowest BCUT2D eigenvalue weighted by Gasteiger charge is -2.18. The first kappa shape index (κ1) is 28.0. The summed E-state index contributed by atoms with van der Waals surface area (Å²) in [5.74, 6) is -1.43. The SMILES string of the molecule is CC(F)(F)F.CC(Nc1ccccc1C(=O)O)c1cc(F)cc2c(=O)cc(-c3cnn(-c4cccnc4)c3)oc12. The number of hydrogen-bond donors (Lipinski definition) is 2. The van der Waals surface area contributed by atoms with Crippen LogP contribution in [0.5, 0.6) is 0 Å². The van der Waals surface area contributed by atoms with Crippen LogP contribution in [0.3, 0.4) is 0 Å². The van der Waals surface area contributed by atoms with Crippen LogP contribution >= 0.6 is 0 Å². The Morgan fingerprint density at radius 2 is 1.82 bits per heavy atom. The summed E-state index contributed by atoms with van der Waals surface area (Å²) in [5.41, 5.74) is 1.90. The minimum absolute atomic E-state index is 0.0741. The van der Waals surface area contributed by atoms with Gasteiger partial charge < -0.3 is 14.8 Å². The molecule has 0 radical (unpaired) electrons. The molecule has 0 amide bonds. The number of carbonyl (C=O) groups is 1. The highest BCUT2D eigenvalue weighted by Crippen LogP contribution is 2.31. The number of aromatic carboxylic acids is 1. The number of alkyl halides is 3. The lowest BCUT2D eigenvalue weighted by atomic mass is 10.0. The summed E-state index contributed by atoms with van der Waals surface area (Å²) in [4.78, 5) is 28.6. The van der Waals surface area contributed by atoms with Gasteiger partial charge in [-0.3, -0.25) is 9.78 Å². The van der Waals surface area contributed by atoms with Gasteiger partial charge in [-0.05, 0) is 43.3 Å². The van der Waals surface area contributed by atoms with Crippen LogP contribution in [0.4, 0.5) is 23.2 Å². The summed E-state index contributed by atoms with van der Waals surface area (Å²) in [7, 11) is 0. The number of carboxylic acids is 1. The van der Waals surface area contributed by atoms with Gasteiger partial charge in [-0.1, -0.05) is 12.1 Å². The molecule has 0 spiro atoms. The Labute approximate surface area is 224 Å². The lowest BCUT2D eigenvalue weighted by molar-refractivity contribution is -0.110. The topological polar surface area (TPSA) is 110 Å². The first-order valence-electron chi connectivity index (χ1n) is 11.8. The Hall–Kier alpha value is -5.00. The average molecular weight is 555 g/mol. The molecule has 2 N–H and O–H groups in total. The fraction of sp³-hybridized carbons (Fsp3) is 0.143. The number of nitrogens with zero attached hydrogens (tertiary/aromatic N) is 3. The van der Waals surface area contributed by atoms with E-state index in [1.807, 2.05) is 6.07 Å². The van der Waals surface area contributed by atoms with Crippen molar-refractivity contribution in [3.63, 3.8) is 0 Å². The van der Waals surface area contributed by atoms with Gasteiger partial charge in [-0.25, -0.2) is 13.9 Å². The molecule has 0 aliphatic carbocycles. The summed E-state index contributed by atoms with van der Waals surface area (Å²) >= 11 is 0. The van der Waals surface area contributed by atoms with E-state index in [1.54, 1.807) is 60.7 Å². The maximum Gasteiger partial charge on any atom is 0.386 e. The van der Waals surface area contributed by atoms with Crippen molar-refractivity contribution in [1.82, 2.24) is 14.8 Å². The summed E-state index contributed by atoms with van der Waals surface area (Å²) in [5, 5.41) is 17.0. The molecule has 3 aromatic heterocycles. The number of aromatic nitrogens is 3. The number of halogens is 4. The van der Waals surface area contributed by atoms with E-state index < -0.39 is 29.4 Å². The smallest absolute Gasteiger partial charge is 0.386 e. The van der Waals surface area contributed by atoms with Gasteiger partial charge in [0.25, 0.3) is 0 Å². The summed E-state index contributed by atoms with van der Waals surface area (Å²) in [6.45, 7) is 1.92. The van der Waals surface area contributed by atoms with Gasteiger partial charge in [0.2, 0.25) is 0 Å². The highest BCUT2D eigenvalue weighted by atomic mass is 19.4. The monoisotopic (exact) mass is 554 g/mol. The first-order chi connectivity index (χ1) is 18.9. The third-order valence-corrected chi connectivity index (χ3v) is 5.60. The zero-order chi connectivity index (χ0) is 29.0. The highest BCUT2D eigenvalue weighted by Gasteiger charge is 2.20. The molecule has 1 unspecified atom stereocenters. The predicted molar refractivity (Wildman–Crippen MR) is 140 cm³/mol. The number of rotatable bonds is 6. The number of hydrogen-bond acceptors (Lipinski definition) is 6. The van der Waals surface area contributed by atoms with E-state index in [2.05, 4.69) is 15.4 Å². The maximum atomic E-state index is 14.5. The van der Waals surface area contributed by atoms with Crippen molar-refractivity contribution in [3.05, 3.63) is 107 Å². The predicted octanol–water partition coefficient (Wildman–Crippen LogP) is 6.62. The molecular weight excluding hydrogens is 532 g/mol. The molecule has 0 aliphatic heterocycles. The van der Waals surface area contributed by atoms with Crippen molar-refractivity contribution >= 4 is 22.6 Å². The molecule has 40 heavy (non-hydrogen) atoms. The first-order valence-corrected chi connectivity index (χ1v) is 11.8. The summed E-state index contributed by atoms with van der Waals surface area (Å²) < 4.78 is 53.2. The molecule has 0 saturated heterocycles. The van der Waals surface area contributed by atoms with Gasteiger partial charge in [0, 0.05) is 36.6 Å². The number of fused-ring (bicyclic) bond motifs is 1. The van der Waals surface area contributed by atoms with Crippen LogP contribution in [0, 0.1) is 5.82 Å². The Bertz CT molecular complexity index is 1710. The van der Waals surface area contributed by atoms with Crippen LogP contribution in [-0.4, -0.2) is 32.0 Å². The van der Waals surface area contributed by atoms with E-state index in [0.717, 1.165) is 11.8 Å². The molecule has 8 nitrogen and oxygen atoms in total. The van der Waals surface area contributed by atoms with E-state index in [4.69, 9.17) is 4.42 Å². The molecule has 5 aromatic rings. The highest BCUT2D eigenvalue weighted by molar-refractivity contribution is 5.94. The number of nitrogens with one attached hydrogen (secondary N) is 1. The Morgan fingerprint density at radius 3 is 2.50 bits per heavy atom. The molecule has 0 aliphatic rings. The third kappa shape index (κ3) is 6.70. The van der Waals surface area contributed by atoms with Crippen LogP contribution in [0.1, 0.15) is 35.8 Å². The van der Waals surface area contributed by atoms with Crippen molar-refractivity contribution in [3.8, 4) is 17.0 Å². The number of carboxylic acid groups (broad SMARTS) is 1. The molecule has 12 heteroatoms. The second-order valence-corrected chi connectivity index (χ2v) is 8.73. The molecule has 3 heterocycles. The average Bonchev–Trinajstić information content (AvgIpc) is 3.39. The van der Waals surface area contributed by atoms with Crippen molar-refractivity contribution in [1.29, 1.82) is 0 Å². The Morgan fingerprint density at radius 1 is 1.10 bits per heavy atom. The van der Waals surface area contributed by atoms with E-state index in [1.165, 1.54) is 18.2 Å². The minimum atomic E-state index is -4.00. The Balaban J connectivity index is 0.000000681. The van der Waals surface area contributed by atoms with Crippen molar-refractivity contribution in [2.45, 2.75) is 26.1 Å². The van der Waals surface area contributed by atoms with Crippen LogP contribution in [0.2, 0.25) is 0 Å². The number of benzene rings is 2. The molecule has 0 fully saturated rings. The fourth-order valence-corrected chi connectivity index (χ4v) is 3.90. The van der Waals surface area contributed by atoms with Gasteiger partial charge in [0.05, 0.1) is 40.6 Å². The van der Waals surface area contributed by atoms with Gasteiger partial charge in [0.15, 0.2) is 5.43 Å². The molecule has 0 saturated carbocycles. The van der Waals surface area contributed by atoms with Crippen LogP contribution in [-0.2, 0) is 0 Å². The van der Waals surface area contributed by atoms with Crippen molar-refractivity contribution in [2.24, 2.45) is 0 Å². The summed E-state index contributed by atoms with van der Waals surface area (Å²) in [6.07, 6.45) is 2.57. The molecule has 206 valence electrons. The van der Waals surface area contributed by atoms with Crippen molar-refractivity contribution in [2.75, 3.05) is 5.32 Å². The molecular formula is C28H22F4N4O4. The number of pyridine rings is 1.